The summed E-state index contributed by atoms with van der Waals surface area (Å²) in [6.45, 7) is 3.51. The normalized spacial score (nSPS) is 17.7. The van der Waals surface area contributed by atoms with Crippen LogP contribution in [-0.4, -0.2) is 34.5 Å². The first-order valence-corrected chi connectivity index (χ1v) is 14.5. The number of hydrogen-bond donors (Lipinski definition) is 1. The Hall–Kier alpha value is -5.14. The molecule has 1 aliphatic heterocycles. The maximum atomic E-state index is 14.0. The molecule has 0 aliphatic carbocycles. The third-order valence-corrected chi connectivity index (χ3v) is 8.59. The molecule has 0 radical (unpaired) electrons. The topological polar surface area (TPSA) is 87.0 Å². The van der Waals surface area contributed by atoms with Gasteiger partial charge >= 0.3 is 5.97 Å². The summed E-state index contributed by atoms with van der Waals surface area (Å²) in [4.78, 5) is 27.2. The zero-order chi connectivity index (χ0) is 30.7. The fraction of sp³-hybridized carbons (Fsp3) is 0.189. The molecule has 7 heteroatoms. The molecule has 0 fully saturated rings. The zero-order valence-corrected chi connectivity index (χ0v) is 24.8. The van der Waals surface area contributed by atoms with Gasteiger partial charge in [-0.05, 0) is 65.2 Å². The van der Waals surface area contributed by atoms with Gasteiger partial charge in [0.15, 0.2) is 6.10 Å². The Kier molecular flexibility index (Phi) is 6.44. The van der Waals surface area contributed by atoms with Gasteiger partial charge < -0.3 is 23.9 Å². The number of pyridine rings is 1. The van der Waals surface area contributed by atoms with Crippen molar-refractivity contribution in [1.29, 1.82) is 0 Å². The number of fused-ring (bicyclic) bond motifs is 6. The summed E-state index contributed by atoms with van der Waals surface area (Å²) in [7, 11) is 3.35. The van der Waals surface area contributed by atoms with E-state index in [0.29, 0.717) is 38.9 Å². The van der Waals surface area contributed by atoms with Crippen LogP contribution in [0, 0.1) is 0 Å². The van der Waals surface area contributed by atoms with E-state index in [1.807, 2.05) is 90.5 Å². The van der Waals surface area contributed by atoms with Gasteiger partial charge in [-0.3, -0.25) is 4.79 Å². The van der Waals surface area contributed by atoms with Crippen LogP contribution in [0.3, 0.4) is 0 Å². The summed E-state index contributed by atoms with van der Waals surface area (Å²) in [6.07, 6.45) is 0.682. The van der Waals surface area contributed by atoms with E-state index < -0.39 is 23.8 Å². The second-order valence-electron chi connectivity index (χ2n) is 11.8. The van der Waals surface area contributed by atoms with Crippen molar-refractivity contribution in [2.75, 3.05) is 7.11 Å². The lowest BCUT2D eigenvalue weighted by Gasteiger charge is -2.42. The van der Waals surface area contributed by atoms with Crippen LogP contribution in [0.5, 0.6) is 11.5 Å². The summed E-state index contributed by atoms with van der Waals surface area (Å²) in [5.41, 5.74) is 1.05. The molecule has 0 saturated heterocycles. The first-order chi connectivity index (χ1) is 21.2. The monoisotopic (exact) mass is 585 g/mol. The first kappa shape index (κ1) is 27.7. The number of methoxy groups -OCH3 is 1. The van der Waals surface area contributed by atoms with Gasteiger partial charge in [0.05, 0.1) is 29.1 Å². The third kappa shape index (κ3) is 4.39. The largest absolute Gasteiger partial charge is 0.496 e. The number of aryl methyl sites for hydroxylation is 1. The fourth-order valence-corrected chi connectivity index (χ4v) is 6.40. The van der Waals surface area contributed by atoms with Crippen molar-refractivity contribution in [3.63, 3.8) is 0 Å². The molecule has 1 N–H and O–H groups in total. The smallest absolute Gasteiger partial charge is 0.331 e. The van der Waals surface area contributed by atoms with E-state index in [1.54, 1.807) is 26.0 Å². The molecule has 1 aromatic heterocycles. The lowest BCUT2D eigenvalue weighted by Crippen LogP contribution is -2.51. The molecule has 2 atom stereocenters. The SMILES string of the molecule is COc1cc2c(c3c1c(=O)c1cc4ccccc4cc1n3C)[C@H](O)[C@H](OC(=O)C=Cc1ccc3ccccc3c1)C(C)(C)O2. The van der Waals surface area contributed by atoms with Crippen LogP contribution < -0.4 is 14.9 Å². The second kappa shape index (κ2) is 10.2. The number of carbonyl (C=O) groups excluding carboxylic acids is 1. The number of benzene rings is 5. The standard InChI is InChI=1S/C37H31NO6/c1-37(2)36(43-30(39)16-14-21-13-15-22-9-5-6-10-23(22)17-21)35(41)32-29(44-37)20-28(42-4)31-33(32)38(3)27-19-25-12-8-7-11-24(25)18-26(27)34(31)40/h5-20,35-36,41H,1-4H3/t35-,36-/m0/s1. The van der Waals surface area contributed by atoms with Crippen LogP contribution in [0.1, 0.15) is 31.1 Å². The molecule has 220 valence electrons. The van der Waals surface area contributed by atoms with E-state index in [1.165, 1.54) is 13.2 Å². The number of esters is 1. The molecule has 7 nitrogen and oxygen atoms in total. The summed E-state index contributed by atoms with van der Waals surface area (Å²) in [6, 6.07) is 27.2. The Morgan fingerprint density at radius 2 is 1.59 bits per heavy atom. The molecule has 6 aromatic rings. The molecular formula is C37H31NO6. The maximum absolute atomic E-state index is 14.0. The predicted molar refractivity (Wildman–Crippen MR) is 173 cm³/mol. The highest BCUT2D eigenvalue weighted by Crippen LogP contribution is 2.47. The van der Waals surface area contributed by atoms with Gasteiger partial charge in [-0.2, -0.15) is 0 Å². The fourth-order valence-electron chi connectivity index (χ4n) is 6.40. The van der Waals surface area contributed by atoms with E-state index in [9.17, 15) is 14.7 Å². The summed E-state index contributed by atoms with van der Waals surface area (Å²) >= 11 is 0. The second-order valence-corrected chi connectivity index (χ2v) is 11.8. The quantitative estimate of drug-likeness (QED) is 0.139. The molecule has 44 heavy (non-hydrogen) atoms. The molecule has 0 bridgehead atoms. The maximum Gasteiger partial charge on any atom is 0.331 e. The van der Waals surface area contributed by atoms with E-state index in [0.717, 1.165) is 27.1 Å². The van der Waals surface area contributed by atoms with Crippen LogP contribution in [0.25, 0.3) is 49.4 Å². The lowest BCUT2D eigenvalue weighted by molar-refractivity contribution is -0.171. The highest BCUT2D eigenvalue weighted by molar-refractivity contribution is 6.04. The minimum absolute atomic E-state index is 0.220. The molecule has 0 unspecified atom stereocenters. The third-order valence-electron chi connectivity index (χ3n) is 8.59. The van der Waals surface area contributed by atoms with Gasteiger partial charge in [-0.25, -0.2) is 4.79 Å². The Balaban J connectivity index is 1.32. The first-order valence-electron chi connectivity index (χ1n) is 14.5. The highest BCUT2D eigenvalue weighted by Gasteiger charge is 2.47. The molecule has 7 rings (SSSR count). The number of aliphatic hydroxyl groups excluding tert-OH is 1. The average molecular weight is 586 g/mol. The van der Waals surface area contributed by atoms with E-state index in [2.05, 4.69) is 0 Å². The van der Waals surface area contributed by atoms with E-state index >= 15 is 0 Å². The van der Waals surface area contributed by atoms with Crippen molar-refractivity contribution in [3.8, 4) is 11.5 Å². The molecule has 2 heterocycles. The van der Waals surface area contributed by atoms with Gasteiger partial charge in [0.1, 0.15) is 23.2 Å². The van der Waals surface area contributed by atoms with Crippen LogP contribution >= 0.6 is 0 Å². The van der Waals surface area contributed by atoms with Crippen LogP contribution in [-0.2, 0) is 16.6 Å². The van der Waals surface area contributed by atoms with Crippen molar-refractivity contribution >= 4 is 55.4 Å². The number of rotatable bonds is 4. The van der Waals surface area contributed by atoms with E-state index in [4.69, 9.17) is 14.2 Å². The Labute approximate surface area is 253 Å². The number of aliphatic hydroxyl groups is 1. The Morgan fingerprint density at radius 3 is 2.30 bits per heavy atom. The molecule has 1 aliphatic rings. The summed E-state index contributed by atoms with van der Waals surface area (Å²) in [5.74, 6) is 0.0816. The van der Waals surface area contributed by atoms with Crippen LogP contribution in [0.2, 0.25) is 0 Å². The minimum atomic E-state index is -1.29. The molecular weight excluding hydrogens is 554 g/mol. The Morgan fingerprint density at radius 1 is 0.932 bits per heavy atom. The zero-order valence-electron chi connectivity index (χ0n) is 24.8. The van der Waals surface area contributed by atoms with Gasteiger partial charge in [0.2, 0.25) is 5.43 Å². The minimum Gasteiger partial charge on any atom is -0.496 e. The number of nitrogens with zero attached hydrogens (tertiary/aromatic N) is 1. The molecule has 5 aromatic carbocycles. The number of carbonyl (C=O) groups is 1. The van der Waals surface area contributed by atoms with Crippen molar-refractivity contribution in [1.82, 2.24) is 4.57 Å². The molecule has 0 amide bonds. The number of hydrogen-bond acceptors (Lipinski definition) is 6. The van der Waals surface area contributed by atoms with Crippen LogP contribution in [0.15, 0.2) is 95.8 Å². The average Bonchev–Trinajstić information content (AvgIpc) is 3.02. The molecule has 0 spiro atoms. The van der Waals surface area contributed by atoms with Gasteiger partial charge in [-0.1, -0.05) is 60.7 Å². The van der Waals surface area contributed by atoms with Crippen molar-refractivity contribution < 1.29 is 24.1 Å². The van der Waals surface area contributed by atoms with Crippen molar-refractivity contribution in [3.05, 3.63) is 112 Å². The van der Waals surface area contributed by atoms with Gasteiger partial charge in [0, 0.05) is 24.6 Å². The van der Waals surface area contributed by atoms with E-state index in [-0.39, 0.29) is 5.43 Å². The van der Waals surface area contributed by atoms with Crippen molar-refractivity contribution in [2.24, 2.45) is 7.05 Å². The number of aromatic nitrogens is 1. The van der Waals surface area contributed by atoms with Gasteiger partial charge in [0.25, 0.3) is 0 Å². The number of ether oxygens (including phenoxy) is 3. The lowest BCUT2D eigenvalue weighted by atomic mass is 9.86. The molecule has 0 saturated carbocycles. The van der Waals surface area contributed by atoms with Crippen LogP contribution in [0.4, 0.5) is 0 Å². The van der Waals surface area contributed by atoms with Gasteiger partial charge in [-0.15, -0.1) is 0 Å². The Bertz CT molecular complexity index is 2230. The van der Waals surface area contributed by atoms with Crippen molar-refractivity contribution in [2.45, 2.75) is 31.7 Å². The predicted octanol–water partition coefficient (Wildman–Crippen LogP) is 6.84. The highest BCUT2D eigenvalue weighted by atomic mass is 16.6. The summed E-state index contributed by atoms with van der Waals surface area (Å²) in [5, 5.41) is 16.8. The summed E-state index contributed by atoms with van der Waals surface area (Å²) < 4.78 is 19.8.